The number of hydrogen-bond donors (Lipinski definition) is 1. The second-order valence-corrected chi connectivity index (χ2v) is 5.78. The first-order chi connectivity index (χ1) is 9.79. The topological polar surface area (TPSA) is 20.2 Å². The Morgan fingerprint density at radius 3 is 2.85 bits per heavy atom. The first kappa shape index (κ1) is 13.4. The van der Waals surface area contributed by atoms with Gasteiger partial charge in [-0.15, -0.1) is 0 Å². The van der Waals surface area contributed by atoms with Crippen molar-refractivity contribution in [2.75, 3.05) is 0 Å². The van der Waals surface area contributed by atoms with Crippen LogP contribution in [0.2, 0.25) is 0 Å². The summed E-state index contributed by atoms with van der Waals surface area (Å²) in [5.74, 6) is 0.253. The minimum atomic E-state index is -0.379. The van der Waals surface area contributed by atoms with E-state index < -0.39 is 0 Å². The first-order valence-electron chi connectivity index (χ1n) is 7.64. The van der Waals surface area contributed by atoms with Gasteiger partial charge in [0, 0.05) is 5.92 Å². The van der Waals surface area contributed by atoms with Crippen molar-refractivity contribution in [2.24, 2.45) is 0 Å². The van der Waals surface area contributed by atoms with Crippen molar-refractivity contribution in [3.05, 3.63) is 70.8 Å². The van der Waals surface area contributed by atoms with Crippen LogP contribution in [0.1, 0.15) is 54.0 Å². The number of aliphatic hydroxyl groups excluding tert-OH is 1. The third-order valence-corrected chi connectivity index (χ3v) is 4.39. The summed E-state index contributed by atoms with van der Waals surface area (Å²) >= 11 is 0. The number of rotatable bonds is 4. The smallest absolute Gasteiger partial charge is 0.0858 e. The summed E-state index contributed by atoms with van der Waals surface area (Å²) in [6, 6.07) is 17.0. The Kier molecular flexibility index (Phi) is 3.88. The van der Waals surface area contributed by atoms with Crippen molar-refractivity contribution < 1.29 is 5.11 Å². The van der Waals surface area contributed by atoms with E-state index >= 15 is 0 Å². The number of aliphatic hydroxyl groups is 1. The van der Waals surface area contributed by atoms with Gasteiger partial charge in [-0.2, -0.15) is 0 Å². The minimum Gasteiger partial charge on any atom is -0.388 e. The van der Waals surface area contributed by atoms with Crippen LogP contribution >= 0.6 is 0 Å². The summed E-state index contributed by atoms with van der Waals surface area (Å²) in [6.45, 7) is 2.19. The van der Waals surface area contributed by atoms with E-state index in [1.165, 1.54) is 16.7 Å². The van der Waals surface area contributed by atoms with Crippen molar-refractivity contribution in [1.82, 2.24) is 0 Å². The molecule has 1 nitrogen and oxygen atoms in total. The normalized spacial score (nSPS) is 18.8. The molecular formula is C19H22O. The second-order valence-electron chi connectivity index (χ2n) is 5.78. The van der Waals surface area contributed by atoms with Gasteiger partial charge in [-0.25, -0.2) is 0 Å². The fourth-order valence-electron chi connectivity index (χ4n) is 3.37. The van der Waals surface area contributed by atoms with Crippen molar-refractivity contribution in [3.8, 4) is 0 Å². The van der Waals surface area contributed by atoms with E-state index in [1.807, 2.05) is 0 Å². The standard InChI is InChI=1S/C19H22O/c1-2-6-14-7-5-9-16(13-14)19(20)18-12-11-15-8-3-4-10-17(15)18/h3-5,7-10,13,18-20H,2,6,11-12H2,1H3. The Balaban J connectivity index is 1.86. The lowest BCUT2D eigenvalue weighted by Crippen LogP contribution is -2.08. The third-order valence-electron chi connectivity index (χ3n) is 4.39. The number of benzene rings is 2. The molecule has 0 saturated carbocycles. The molecule has 0 spiro atoms. The molecule has 2 aromatic rings. The van der Waals surface area contributed by atoms with E-state index in [2.05, 4.69) is 55.5 Å². The van der Waals surface area contributed by atoms with Gasteiger partial charge < -0.3 is 5.11 Å². The van der Waals surface area contributed by atoms with Crippen molar-refractivity contribution in [2.45, 2.75) is 44.6 Å². The molecule has 2 unspecified atom stereocenters. The Bertz CT molecular complexity index is 588. The van der Waals surface area contributed by atoms with Crippen LogP contribution in [0.4, 0.5) is 0 Å². The number of aryl methyl sites for hydroxylation is 2. The van der Waals surface area contributed by atoms with Crippen molar-refractivity contribution >= 4 is 0 Å². The lowest BCUT2D eigenvalue weighted by molar-refractivity contribution is 0.145. The molecular weight excluding hydrogens is 244 g/mol. The maximum atomic E-state index is 10.8. The zero-order valence-electron chi connectivity index (χ0n) is 12.0. The zero-order valence-corrected chi connectivity index (χ0v) is 12.0. The molecule has 0 radical (unpaired) electrons. The predicted octanol–water partition coefficient (Wildman–Crippen LogP) is 4.40. The van der Waals surface area contributed by atoms with Crippen LogP contribution in [0.15, 0.2) is 48.5 Å². The average molecular weight is 266 g/mol. The lowest BCUT2D eigenvalue weighted by Gasteiger charge is -2.20. The van der Waals surface area contributed by atoms with Gasteiger partial charge in [-0.05, 0) is 41.5 Å². The van der Waals surface area contributed by atoms with E-state index in [-0.39, 0.29) is 12.0 Å². The van der Waals surface area contributed by atoms with Crippen LogP contribution in [0.5, 0.6) is 0 Å². The third kappa shape index (κ3) is 2.51. The van der Waals surface area contributed by atoms with Gasteiger partial charge >= 0.3 is 0 Å². The molecule has 1 heteroatoms. The Morgan fingerprint density at radius 2 is 2.00 bits per heavy atom. The molecule has 0 fully saturated rings. The first-order valence-corrected chi connectivity index (χ1v) is 7.64. The Hall–Kier alpha value is -1.60. The number of hydrogen-bond acceptors (Lipinski definition) is 1. The lowest BCUT2D eigenvalue weighted by atomic mass is 9.89. The van der Waals surface area contributed by atoms with E-state index in [9.17, 15) is 5.11 Å². The quantitative estimate of drug-likeness (QED) is 0.869. The predicted molar refractivity (Wildman–Crippen MR) is 82.9 cm³/mol. The van der Waals surface area contributed by atoms with Gasteiger partial charge in [0.1, 0.15) is 0 Å². The summed E-state index contributed by atoms with van der Waals surface area (Å²) in [7, 11) is 0. The highest BCUT2D eigenvalue weighted by Crippen LogP contribution is 2.41. The van der Waals surface area contributed by atoms with Crippen molar-refractivity contribution in [3.63, 3.8) is 0 Å². The molecule has 1 N–H and O–H groups in total. The Labute approximate surface area is 121 Å². The molecule has 0 amide bonds. The van der Waals surface area contributed by atoms with Gasteiger partial charge in [-0.1, -0.05) is 61.9 Å². The van der Waals surface area contributed by atoms with E-state index in [0.29, 0.717) is 0 Å². The number of fused-ring (bicyclic) bond motifs is 1. The molecule has 20 heavy (non-hydrogen) atoms. The summed E-state index contributed by atoms with van der Waals surface area (Å²) in [6.07, 6.45) is 3.99. The molecule has 2 aromatic carbocycles. The summed E-state index contributed by atoms with van der Waals surface area (Å²) in [4.78, 5) is 0. The molecule has 1 aliphatic rings. The fourth-order valence-corrected chi connectivity index (χ4v) is 3.37. The highest BCUT2D eigenvalue weighted by Gasteiger charge is 2.29. The largest absolute Gasteiger partial charge is 0.388 e. The summed E-state index contributed by atoms with van der Waals surface area (Å²) in [5, 5.41) is 10.8. The highest BCUT2D eigenvalue weighted by atomic mass is 16.3. The van der Waals surface area contributed by atoms with Gasteiger partial charge in [0.15, 0.2) is 0 Å². The molecule has 0 aliphatic heterocycles. The van der Waals surface area contributed by atoms with Gasteiger partial charge in [0.2, 0.25) is 0 Å². The van der Waals surface area contributed by atoms with E-state index in [0.717, 1.165) is 31.2 Å². The van der Waals surface area contributed by atoms with Crippen LogP contribution < -0.4 is 0 Å². The molecule has 1 aliphatic carbocycles. The zero-order chi connectivity index (χ0) is 13.9. The van der Waals surface area contributed by atoms with Crippen LogP contribution in [0.25, 0.3) is 0 Å². The molecule has 104 valence electrons. The SMILES string of the molecule is CCCc1cccc(C(O)C2CCc3ccccc32)c1. The molecule has 3 rings (SSSR count). The Morgan fingerprint density at radius 1 is 1.15 bits per heavy atom. The molecule has 0 bridgehead atoms. The molecule has 0 aromatic heterocycles. The minimum absolute atomic E-state index is 0.253. The maximum Gasteiger partial charge on any atom is 0.0858 e. The van der Waals surface area contributed by atoms with Crippen LogP contribution in [0.3, 0.4) is 0 Å². The van der Waals surface area contributed by atoms with Crippen LogP contribution in [-0.2, 0) is 12.8 Å². The second kappa shape index (κ2) is 5.80. The maximum absolute atomic E-state index is 10.8. The van der Waals surface area contributed by atoms with E-state index in [4.69, 9.17) is 0 Å². The monoisotopic (exact) mass is 266 g/mol. The van der Waals surface area contributed by atoms with Crippen LogP contribution in [0, 0.1) is 0 Å². The van der Waals surface area contributed by atoms with Crippen LogP contribution in [-0.4, -0.2) is 5.11 Å². The highest BCUT2D eigenvalue weighted by molar-refractivity contribution is 5.38. The molecule has 0 heterocycles. The van der Waals surface area contributed by atoms with Crippen molar-refractivity contribution in [1.29, 1.82) is 0 Å². The average Bonchev–Trinajstić information content (AvgIpc) is 2.91. The van der Waals surface area contributed by atoms with Gasteiger partial charge in [0.05, 0.1) is 6.10 Å². The fraction of sp³-hybridized carbons (Fsp3) is 0.368. The van der Waals surface area contributed by atoms with E-state index in [1.54, 1.807) is 0 Å². The summed E-state index contributed by atoms with van der Waals surface area (Å²) < 4.78 is 0. The van der Waals surface area contributed by atoms with Gasteiger partial charge in [-0.3, -0.25) is 0 Å². The molecule has 0 saturated heterocycles. The van der Waals surface area contributed by atoms with Gasteiger partial charge in [0.25, 0.3) is 0 Å². The summed E-state index contributed by atoms with van der Waals surface area (Å²) in [5.41, 5.74) is 5.13. The molecule has 2 atom stereocenters.